The number of benzene rings is 1. The number of aromatic nitrogens is 4. The van der Waals surface area contributed by atoms with Crippen LogP contribution in [0.25, 0.3) is 11.3 Å². The van der Waals surface area contributed by atoms with Crippen LogP contribution in [0.1, 0.15) is 27.4 Å². The lowest BCUT2D eigenvalue weighted by molar-refractivity contribution is -0.117. The van der Waals surface area contributed by atoms with Crippen molar-refractivity contribution in [1.29, 1.82) is 0 Å². The Bertz CT molecular complexity index is 1390. The van der Waals surface area contributed by atoms with Crippen LogP contribution < -0.4 is 26.2 Å². The molecule has 1 aromatic carbocycles. The van der Waals surface area contributed by atoms with Gasteiger partial charge in [0, 0.05) is 41.7 Å². The molecular formula is C22H23N7O4. The Morgan fingerprint density at radius 2 is 2.00 bits per heavy atom. The van der Waals surface area contributed by atoms with Crippen LogP contribution >= 0.6 is 0 Å². The van der Waals surface area contributed by atoms with E-state index in [0.717, 1.165) is 12.8 Å². The van der Waals surface area contributed by atoms with Crippen molar-refractivity contribution in [3.05, 3.63) is 52.4 Å². The Morgan fingerprint density at radius 3 is 2.70 bits per heavy atom. The molecule has 0 aliphatic heterocycles. The standard InChI is InChI=1S/C22H23N7O4/c1-23-22(32)19-16(11-17(26-27-19)25-21(31)12-7-8-12)24-15-6-4-5-13(20(15)33-3)14-9-10-18(30)29(2)28-14/h4-6,9-12H,7-8H2,1-3H3,(H,23,32)(H2,24,25,26,31)/i1D3. The lowest BCUT2D eigenvalue weighted by Gasteiger charge is -2.17. The molecule has 0 radical (unpaired) electrons. The molecule has 0 atom stereocenters. The van der Waals surface area contributed by atoms with E-state index in [1.807, 2.05) is 5.32 Å². The molecule has 4 rings (SSSR count). The Morgan fingerprint density at radius 1 is 1.18 bits per heavy atom. The Hall–Kier alpha value is -4.28. The van der Waals surface area contributed by atoms with Gasteiger partial charge in [-0.05, 0) is 31.0 Å². The highest BCUT2D eigenvalue weighted by Crippen LogP contribution is 2.37. The number of nitrogens with one attached hydrogen (secondary N) is 3. The van der Waals surface area contributed by atoms with Gasteiger partial charge in [0.25, 0.3) is 11.5 Å². The number of anilines is 3. The predicted octanol–water partition coefficient (Wildman–Crippen LogP) is 1.70. The average Bonchev–Trinajstić information content (AvgIpc) is 3.65. The summed E-state index contributed by atoms with van der Waals surface area (Å²) in [5, 5.41) is 19.6. The number of methoxy groups -OCH3 is 1. The molecule has 1 saturated carbocycles. The minimum atomic E-state index is -2.75. The summed E-state index contributed by atoms with van der Waals surface area (Å²) in [4.78, 5) is 36.6. The zero-order chi connectivity index (χ0) is 26.0. The van der Waals surface area contributed by atoms with E-state index in [9.17, 15) is 14.4 Å². The highest BCUT2D eigenvalue weighted by atomic mass is 16.5. The molecule has 2 heterocycles. The van der Waals surface area contributed by atoms with Gasteiger partial charge in [-0.25, -0.2) is 4.68 Å². The van der Waals surface area contributed by atoms with Gasteiger partial charge < -0.3 is 20.7 Å². The molecule has 3 aromatic rings. The summed E-state index contributed by atoms with van der Waals surface area (Å²) >= 11 is 0. The number of nitrogens with zero attached hydrogens (tertiary/aromatic N) is 4. The smallest absolute Gasteiger partial charge is 0.273 e. The van der Waals surface area contributed by atoms with Crippen molar-refractivity contribution < 1.29 is 18.4 Å². The fourth-order valence-corrected chi connectivity index (χ4v) is 3.20. The van der Waals surface area contributed by atoms with Crippen LogP contribution in [0.4, 0.5) is 17.2 Å². The number of carbonyl (C=O) groups excluding carboxylic acids is 2. The van der Waals surface area contributed by atoms with Crippen molar-refractivity contribution in [3.8, 4) is 17.0 Å². The maximum absolute atomic E-state index is 12.7. The second-order valence-electron chi connectivity index (χ2n) is 7.40. The van der Waals surface area contributed by atoms with Crippen LogP contribution in [-0.2, 0) is 11.8 Å². The zero-order valence-electron chi connectivity index (χ0n) is 20.9. The first-order chi connectivity index (χ1) is 17.1. The number of carbonyl (C=O) groups is 2. The van der Waals surface area contributed by atoms with Crippen LogP contribution in [0.2, 0.25) is 0 Å². The molecule has 170 valence electrons. The second kappa shape index (κ2) is 9.07. The summed E-state index contributed by atoms with van der Waals surface area (Å²) in [6.07, 6.45) is 1.57. The van der Waals surface area contributed by atoms with Gasteiger partial charge in [0.2, 0.25) is 5.91 Å². The first kappa shape index (κ1) is 18.3. The highest BCUT2D eigenvalue weighted by Gasteiger charge is 2.30. The van der Waals surface area contributed by atoms with Gasteiger partial charge in [0.05, 0.1) is 24.2 Å². The highest BCUT2D eigenvalue weighted by molar-refractivity contribution is 6.00. The number of hydrogen-bond donors (Lipinski definition) is 3. The summed E-state index contributed by atoms with van der Waals surface area (Å²) in [6, 6.07) is 9.43. The van der Waals surface area contributed by atoms with Gasteiger partial charge in [-0.1, -0.05) is 6.07 Å². The topological polar surface area (TPSA) is 140 Å². The first-order valence-corrected chi connectivity index (χ1v) is 10.1. The summed E-state index contributed by atoms with van der Waals surface area (Å²) in [6.45, 7) is -2.75. The van der Waals surface area contributed by atoms with Gasteiger partial charge in [-0.3, -0.25) is 14.4 Å². The fraction of sp³-hybridized carbons (Fsp3) is 0.273. The summed E-state index contributed by atoms with van der Waals surface area (Å²) in [7, 11) is 2.97. The van der Waals surface area contributed by atoms with Crippen molar-refractivity contribution in [3.63, 3.8) is 0 Å². The maximum atomic E-state index is 12.7. The van der Waals surface area contributed by atoms with Gasteiger partial charge >= 0.3 is 0 Å². The van der Waals surface area contributed by atoms with Crippen LogP contribution in [0, 0.1) is 5.92 Å². The molecule has 1 fully saturated rings. The molecule has 1 aliphatic rings. The van der Waals surface area contributed by atoms with E-state index in [-0.39, 0.29) is 34.6 Å². The fourth-order valence-electron chi connectivity index (χ4n) is 3.20. The summed E-state index contributed by atoms with van der Waals surface area (Å²) in [5.41, 5.74) is 0.908. The minimum Gasteiger partial charge on any atom is -0.494 e. The quantitative estimate of drug-likeness (QED) is 0.492. The molecule has 11 heteroatoms. The van der Waals surface area contributed by atoms with Gasteiger partial charge in [-0.15, -0.1) is 10.2 Å². The number of amides is 2. The van der Waals surface area contributed by atoms with Crippen LogP contribution in [-0.4, -0.2) is 45.9 Å². The number of para-hydroxylation sites is 1. The number of aryl methyl sites for hydroxylation is 1. The van der Waals surface area contributed by atoms with E-state index >= 15 is 0 Å². The van der Waals surface area contributed by atoms with Crippen LogP contribution in [0.15, 0.2) is 41.2 Å². The number of rotatable bonds is 7. The second-order valence-corrected chi connectivity index (χ2v) is 7.40. The van der Waals surface area contributed by atoms with E-state index in [1.165, 1.54) is 31.0 Å². The molecule has 0 spiro atoms. The van der Waals surface area contributed by atoms with Crippen molar-refractivity contribution in [2.24, 2.45) is 13.0 Å². The molecule has 0 bridgehead atoms. The Labute approximate surface area is 193 Å². The monoisotopic (exact) mass is 452 g/mol. The molecule has 3 N–H and O–H groups in total. The third-order valence-electron chi connectivity index (χ3n) is 5.05. The molecule has 2 amide bonds. The van der Waals surface area contributed by atoms with E-state index < -0.39 is 12.9 Å². The van der Waals surface area contributed by atoms with Gasteiger partial charge in [-0.2, -0.15) is 5.10 Å². The van der Waals surface area contributed by atoms with Gasteiger partial charge in [0.1, 0.15) is 0 Å². The Kier molecular flexibility index (Phi) is 5.03. The minimum absolute atomic E-state index is 0.0849. The molecule has 1 aliphatic carbocycles. The largest absolute Gasteiger partial charge is 0.494 e. The maximum Gasteiger partial charge on any atom is 0.273 e. The normalized spacial score (nSPS) is 14.4. The molecular weight excluding hydrogens is 426 g/mol. The van der Waals surface area contributed by atoms with Crippen molar-refractivity contribution in [2.45, 2.75) is 12.8 Å². The van der Waals surface area contributed by atoms with Crippen LogP contribution in [0.3, 0.4) is 0 Å². The van der Waals surface area contributed by atoms with E-state index in [1.54, 1.807) is 24.3 Å². The lowest BCUT2D eigenvalue weighted by atomic mass is 10.1. The third-order valence-corrected chi connectivity index (χ3v) is 5.05. The molecule has 11 nitrogen and oxygen atoms in total. The molecule has 2 aromatic heterocycles. The Balaban J connectivity index is 1.74. The third kappa shape index (κ3) is 4.66. The number of ether oxygens (including phenoxy) is 1. The van der Waals surface area contributed by atoms with Crippen molar-refractivity contribution in [2.75, 3.05) is 24.7 Å². The van der Waals surface area contributed by atoms with E-state index in [4.69, 9.17) is 8.85 Å². The van der Waals surface area contributed by atoms with E-state index in [0.29, 0.717) is 22.7 Å². The lowest BCUT2D eigenvalue weighted by Crippen LogP contribution is -2.22. The van der Waals surface area contributed by atoms with E-state index in [2.05, 4.69) is 25.9 Å². The van der Waals surface area contributed by atoms with Crippen molar-refractivity contribution >= 4 is 29.0 Å². The summed E-state index contributed by atoms with van der Waals surface area (Å²) < 4.78 is 28.8. The van der Waals surface area contributed by atoms with Crippen LogP contribution in [0.5, 0.6) is 5.75 Å². The average molecular weight is 452 g/mol. The van der Waals surface area contributed by atoms with Gasteiger partial charge in [0.15, 0.2) is 17.3 Å². The molecule has 33 heavy (non-hydrogen) atoms. The summed E-state index contributed by atoms with van der Waals surface area (Å²) in [5.74, 6) is -0.857. The predicted molar refractivity (Wildman–Crippen MR) is 122 cm³/mol. The molecule has 0 unspecified atom stereocenters. The first-order valence-electron chi connectivity index (χ1n) is 11.6. The SMILES string of the molecule is [2H]C([2H])([2H])NC(=O)c1nnc(NC(=O)C2CC2)cc1Nc1cccc(-c2ccc(=O)n(C)n2)c1OC. The molecule has 0 saturated heterocycles. The number of hydrogen-bond acceptors (Lipinski definition) is 8. The zero-order valence-corrected chi connectivity index (χ0v) is 17.9. The van der Waals surface area contributed by atoms with Crippen molar-refractivity contribution in [1.82, 2.24) is 25.3 Å².